The fraction of sp³-hybridized carbons (Fsp3) is 0.286. The van der Waals surface area contributed by atoms with Crippen molar-refractivity contribution in [1.29, 1.82) is 0 Å². The molecule has 2 N–H and O–H groups in total. The highest BCUT2D eigenvalue weighted by molar-refractivity contribution is 7.80. The molecule has 0 amide bonds. The SMILES string of the molecule is CCOC(=O)c1cc(Cc2ccccc2)sc1NC(=S)Nc1cn(CC)nc1C. The zero-order valence-corrected chi connectivity index (χ0v) is 18.3. The number of benzene rings is 1. The van der Waals surface area contributed by atoms with Crippen molar-refractivity contribution in [2.45, 2.75) is 33.7 Å². The third-order valence-electron chi connectivity index (χ3n) is 4.25. The number of carbonyl (C=O) groups is 1. The van der Waals surface area contributed by atoms with E-state index in [1.807, 2.05) is 49.0 Å². The lowest BCUT2D eigenvalue weighted by atomic mass is 10.1. The second-order valence-electron chi connectivity index (χ2n) is 6.40. The van der Waals surface area contributed by atoms with Crippen molar-refractivity contribution in [3.8, 4) is 0 Å². The van der Waals surface area contributed by atoms with E-state index in [1.165, 1.54) is 16.9 Å². The highest BCUT2D eigenvalue weighted by Gasteiger charge is 2.19. The van der Waals surface area contributed by atoms with Crippen LogP contribution >= 0.6 is 23.6 Å². The summed E-state index contributed by atoms with van der Waals surface area (Å²) in [5, 5.41) is 11.8. The topological polar surface area (TPSA) is 68.2 Å². The number of ether oxygens (including phenoxy) is 1. The summed E-state index contributed by atoms with van der Waals surface area (Å²) in [4.78, 5) is 13.5. The number of hydrogen-bond donors (Lipinski definition) is 2. The number of rotatable bonds is 7. The lowest BCUT2D eigenvalue weighted by Gasteiger charge is -2.09. The van der Waals surface area contributed by atoms with Gasteiger partial charge >= 0.3 is 5.97 Å². The van der Waals surface area contributed by atoms with Crippen molar-refractivity contribution >= 4 is 45.3 Å². The first-order chi connectivity index (χ1) is 14.0. The van der Waals surface area contributed by atoms with Crippen LogP contribution in [0, 0.1) is 6.92 Å². The fourth-order valence-corrected chi connectivity index (χ4v) is 4.20. The van der Waals surface area contributed by atoms with E-state index in [0.29, 0.717) is 22.3 Å². The maximum atomic E-state index is 12.4. The Bertz CT molecular complexity index is 996. The summed E-state index contributed by atoms with van der Waals surface area (Å²) in [6, 6.07) is 12.0. The van der Waals surface area contributed by atoms with Crippen LogP contribution in [0.3, 0.4) is 0 Å². The minimum atomic E-state index is -0.358. The van der Waals surface area contributed by atoms with Crippen molar-refractivity contribution in [3.63, 3.8) is 0 Å². The molecule has 0 unspecified atom stereocenters. The Morgan fingerprint density at radius 2 is 2.00 bits per heavy atom. The van der Waals surface area contributed by atoms with Crippen LogP contribution in [0.25, 0.3) is 0 Å². The molecular weight excluding hydrogens is 404 g/mol. The van der Waals surface area contributed by atoms with Gasteiger partial charge in [0.1, 0.15) is 5.00 Å². The highest BCUT2D eigenvalue weighted by Crippen LogP contribution is 2.31. The maximum Gasteiger partial charge on any atom is 0.341 e. The Morgan fingerprint density at radius 1 is 1.24 bits per heavy atom. The standard InChI is InChI=1S/C21H24N4O2S2/c1-4-25-13-18(14(3)24-25)22-21(28)23-19-17(20(26)27-5-2)12-16(29-19)11-15-9-7-6-8-10-15/h6-10,12-13H,4-5,11H2,1-3H3,(H2,22,23,28). The molecule has 3 aromatic rings. The van der Waals surface area contributed by atoms with Crippen LogP contribution in [0.5, 0.6) is 0 Å². The summed E-state index contributed by atoms with van der Waals surface area (Å²) in [6.07, 6.45) is 2.65. The van der Waals surface area contributed by atoms with Gasteiger partial charge in [-0.2, -0.15) is 5.10 Å². The minimum absolute atomic E-state index is 0.320. The van der Waals surface area contributed by atoms with E-state index in [4.69, 9.17) is 17.0 Å². The number of aromatic nitrogens is 2. The average Bonchev–Trinajstić information content (AvgIpc) is 3.25. The summed E-state index contributed by atoms with van der Waals surface area (Å²) < 4.78 is 7.06. The summed E-state index contributed by atoms with van der Waals surface area (Å²) in [7, 11) is 0. The van der Waals surface area contributed by atoms with Gasteiger partial charge in [-0.1, -0.05) is 30.3 Å². The largest absolute Gasteiger partial charge is 0.462 e. The molecule has 3 rings (SSSR count). The van der Waals surface area contributed by atoms with E-state index >= 15 is 0 Å². The van der Waals surface area contributed by atoms with Gasteiger partial charge < -0.3 is 15.4 Å². The second kappa shape index (κ2) is 9.67. The predicted octanol–water partition coefficient (Wildman–Crippen LogP) is 4.85. The van der Waals surface area contributed by atoms with E-state index in [1.54, 1.807) is 6.92 Å². The van der Waals surface area contributed by atoms with Gasteiger partial charge in [0.05, 0.1) is 23.6 Å². The molecule has 0 aliphatic carbocycles. The van der Waals surface area contributed by atoms with Crippen molar-refractivity contribution in [3.05, 3.63) is 64.3 Å². The summed E-state index contributed by atoms with van der Waals surface area (Å²) in [6.45, 7) is 6.84. The van der Waals surface area contributed by atoms with E-state index in [-0.39, 0.29) is 5.97 Å². The quantitative estimate of drug-likeness (QED) is 0.414. The molecule has 0 bridgehead atoms. The van der Waals surface area contributed by atoms with Gasteiger partial charge in [0.15, 0.2) is 5.11 Å². The number of thiophene rings is 1. The number of nitrogens with zero attached hydrogens (tertiary/aromatic N) is 2. The van der Waals surface area contributed by atoms with Gasteiger partial charge in [-0.15, -0.1) is 11.3 Å². The van der Waals surface area contributed by atoms with E-state index in [2.05, 4.69) is 27.9 Å². The molecule has 0 atom stereocenters. The lowest BCUT2D eigenvalue weighted by molar-refractivity contribution is 0.0528. The molecule has 6 nitrogen and oxygen atoms in total. The number of nitrogens with one attached hydrogen (secondary N) is 2. The molecule has 0 aliphatic rings. The number of anilines is 2. The molecule has 1 aromatic carbocycles. The van der Waals surface area contributed by atoms with Crippen molar-refractivity contribution < 1.29 is 9.53 Å². The zero-order valence-electron chi connectivity index (χ0n) is 16.7. The van der Waals surface area contributed by atoms with Gasteiger partial charge in [0.25, 0.3) is 0 Å². The third-order valence-corrected chi connectivity index (χ3v) is 5.50. The summed E-state index contributed by atoms with van der Waals surface area (Å²) >= 11 is 6.97. The van der Waals surface area contributed by atoms with Crippen LogP contribution in [0.1, 0.15) is 40.3 Å². The van der Waals surface area contributed by atoms with Crippen LogP contribution in [-0.4, -0.2) is 27.5 Å². The Hall–Kier alpha value is -2.71. The van der Waals surface area contributed by atoms with E-state index in [0.717, 1.165) is 29.2 Å². The summed E-state index contributed by atoms with van der Waals surface area (Å²) in [5.41, 5.74) is 3.37. The Balaban J connectivity index is 1.79. The first kappa shape index (κ1) is 21.0. The average molecular weight is 429 g/mol. The zero-order chi connectivity index (χ0) is 20.8. The van der Waals surface area contributed by atoms with Gasteiger partial charge in [-0.3, -0.25) is 4.68 Å². The predicted molar refractivity (Wildman–Crippen MR) is 122 cm³/mol. The molecule has 2 aromatic heterocycles. The monoisotopic (exact) mass is 428 g/mol. The van der Waals surface area contributed by atoms with E-state index in [9.17, 15) is 4.79 Å². The molecule has 152 valence electrons. The van der Waals surface area contributed by atoms with Gasteiger partial charge in [-0.05, 0) is 44.6 Å². The molecular formula is C21H24N4O2S2. The number of hydrogen-bond acceptors (Lipinski definition) is 5. The van der Waals surface area contributed by atoms with Crippen LogP contribution in [0.4, 0.5) is 10.7 Å². The van der Waals surface area contributed by atoms with Crippen LogP contribution in [0.15, 0.2) is 42.6 Å². The minimum Gasteiger partial charge on any atom is -0.462 e. The Kier molecular flexibility index (Phi) is 7.00. The van der Waals surface area contributed by atoms with Gasteiger partial charge in [0, 0.05) is 24.0 Å². The molecule has 0 radical (unpaired) electrons. The Morgan fingerprint density at radius 3 is 2.66 bits per heavy atom. The molecule has 0 aliphatic heterocycles. The molecule has 0 saturated carbocycles. The highest BCUT2D eigenvalue weighted by atomic mass is 32.1. The van der Waals surface area contributed by atoms with Crippen molar-refractivity contribution in [1.82, 2.24) is 9.78 Å². The first-order valence-corrected chi connectivity index (χ1v) is 10.7. The van der Waals surface area contributed by atoms with Gasteiger partial charge in [0.2, 0.25) is 0 Å². The maximum absolute atomic E-state index is 12.4. The number of aryl methyl sites for hydroxylation is 2. The van der Waals surface area contributed by atoms with E-state index < -0.39 is 0 Å². The smallest absolute Gasteiger partial charge is 0.341 e. The second-order valence-corrected chi connectivity index (χ2v) is 7.95. The van der Waals surface area contributed by atoms with Crippen LogP contribution in [0.2, 0.25) is 0 Å². The number of carbonyl (C=O) groups excluding carboxylic acids is 1. The molecule has 2 heterocycles. The number of esters is 1. The van der Waals surface area contributed by atoms with Crippen LogP contribution < -0.4 is 10.6 Å². The Labute approximate surface area is 179 Å². The molecule has 0 fully saturated rings. The summed E-state index contributed by atoms with van der Waals surface area (Å²) in [5.74, 6) is -0.358. The fourth-order valence-electron chi connectivity index (χ4n) is 2.84. The van der Waals surface area contributed by atoms with Gasteiger partial charge in [-0.25, -0.2) is 4.79 Å². The molecule has 8 heteroatoms. The van der Waals surface area contributed by atoms with Crippen molar-refractivity contribution in [2.75, 3.05) is 17.2 Å². The first-order valence-electron chi connectivity index (χ1n) is 9.46. The molecule has 0 saturated heterocycles. The molecule has 29 heavy (non-hydrogen) atoms. The lowest BCUT2D eigenvalue weighted by Crippen LogP contribution is -2.20. The van der Waals surface area contributed by atoms with Crippen LogP contribution in [-0.2, 0) is 17.7 Å². The third kappa shape index (κ3) is 5.42. The molecule has 0 spiro atoms. The number of thiocarbonyl (C=S) groups is 1. The van der Waals surface area contributed by atoms with Crippen molar-refractivity contribution in [2.24, 2.45) is 0 Å². The normalized spacial score (nSPS) is 10.6.